The Kier molecular flexibility index (Phi) is 4.63. The van der Waals surface area contributed by atoms with Crippen molar-refractivity contribution in [1.29, 1.82) is 0 Å². The van der Waals surface area contributed by atoms with Gasteiger partial charge in [-0.05, 0) is 42.1 Å². The number of nitrogens with one attached hydrogen (secondary N) is 1. The molecule has 1 amide bonds. The van der Waals surface area contributed by atoms with E-state index in [0.717, 1.165) is 27.5 Å². The van der Waals surface area contributed by atoms with Crippen LogP contribution in [0.4, 0.5) is 0 Å². The molecular weight excluding hydrogens is 274 g/mol. The van der Waals surface area contributed by atoms with Crippen LogP contribution in [0.1, 0.15) is 20.8 Å². The van der Waals surface area contributed by atoms with Crippen LogP contribution < -0.4 is 14.8 Å². The second-order valence-electron chi connectivity index (χ2n) is 4.29. The molecule has 2 aromatic rings. The molecule has 0 fully saturated rings. The number of rotatable bonds is 5. The first-order valence-electron chi connectivity index (χ1n) is 6.19. The maximum atomic E-state index is 12.1. The Balaban J connectivity index is 2.10. The highest BCUT2D eigenvalue weighted by atomic mass is 32.1. The number of carbonyl (C=O) groups is 1. The van der Waals surface area contributed by atoms with Crippen molar-refractivity contribution in [1.82, 2.24) is 5.32 Å². The number of aryl methyl sites for hydroxylation is 1. The van der Waals surface area contributed by atoms with Gasteiger partial charge in [-0.2, -0.15) is 0 Å². The number of benzene rings is 1. The normalized spacial score (nSPS) is 10.2. The molecule has 0 saturated heterocycles. The molecule has 1 N–H and O–H groups in total. The first-order chi connectivity index (χ1) is 9.65. The minimum absolute atomic E-state index is 0.0672. The molecule has 1 heterocycles. The Hall–Kier alpha value is -2.01. The quantitative estimate of drug-likeness (QED) is 0.921. The summed E-state index contributed by atoms with van der Waals surface area (Å²) in [7, 11) is 3.22. The minimum Gasteiger partial charge on any atom is -0.497 e. The highest BCUT2D eigenvalue weighted by Gasteiger charge is 2.11. The fourth-order valence-corrected chi connectivity index (χ4v) is 2.72. The van der Waals surface area contributed by atoms with E-state index < -0.39 is 0 Å². The summed E-state index contributed by atoms with van der Waals surface area (Å²) >= 11 is 1.44. The zero-order chi connectivity index (χ0) is 14.5. The minimum atomic E-state index is -0.0672. The van der Waals surface area contributed by atoms with Gasteiger partial charge in [-0.1, -0.05) is 0 Å². The van der Waals surface area contributed by atoms with E-state index in [0.29, 0.717) is 6.54 Å². The van der Waals surface area contributed by atoms with Crippen molar-refractivity contribution in [2.45, 2.75) is 13.5 Å². The van der Waals surface area contributed by atoms with Crippen LogP contribution in [-0.2, 0) is 6.54 Å². The molecule has 0 radical (unpaired) electrons. The topological polar surface area (TPSA) is 47.6 Å². The van der Waals surface area contributed by atoms with Crippen LogP contribution in [0.5, 0.6) is 11.5 Å². The van der Waals surface area contributed by atoms with Crippen LogP contribution >= 0.6 is 11.3 Å². The van der Waals surface area contributed by atoms with Crippen LogP contribution in [0.15, 0.2) is 29.6 Å². The van der Waals surface area contributed by atoms with Crippen molar-refractivity contribution in [2.24, 2.45) is 0 Å². The number of carbonyl (C=O) groups excluding carboxylic acids is 1. The zero-order valence-corrected chi connectivity index (χ0v) is 12.5. The van der Waals surface area contributed by atoms with E-state index >= 15 is 0 Å². The van der Waals surface area contributed by atoms with E-state index in [2.05, 4.69) is 5.32 Å². The van der Waals surface area contributed by atoms with Gasteiger partial charge in [-0.25, -0.2) is 0 Å². The monoisotopic (exact) mass is 291 g/mol. The molecule has 0 spiro atoms. The summed E-state index contributed by atoms with van der Waals surface area (Å²) in [6, 6.07) is 7.45. The summed E-state index contributed by atoms with van der Waals surface area (Å²) in [5, 5.41) is 4.82. The molecule has 0 unspecified atom stereocenters. The van der Waals surface area contributed by atoms with E-state index in [1.807, 2.05) is 36.6 Å². The Labute approximate surface area is 122 Å². The highest BCUT2D eigenvalue weighted by molar-refractivity contribution is 7.12. The number of hydrogen-bond donors (Lipinski definition) is 1. The number of ether oxygens (including phenoxy) is 2. The summed E-state index contributed by atoms with van der Waals surface area (Å²) in [5.74, 6) is 1.40. The lowest BCUT2D eigenvalue weighted by atomic mass is 10.2. The predicted octanol–water partition coefficient (Wildman–Crippen LogP) is 3.00. The number of hydrogen-bond acceptors (Lipinski definition) is 4. The van der Waals surface area contributed by atoms with E-state index in [-0.39, 0.29) is 5.91 Å². The third-order valence-electron chi connectivity index (χ3n) is 3.00. The van der Waals surface area contributed by atoms with Crippen molar-refractivity contribution >= 4 is 17.2 Å². The van der Waals surface area contributed by atoms with Crippen LogP contribution in [0.25, 0.3) is 0 Å². The Bertz CT molecular complexity index is 607. The Morgan fingerprint density at radius 3 is 2.65 bits per heavy atom. The van der Waals surface area contributed by atoms with E-state index in [1.54, 1.807) is 14.2 Å². The smallest absolute Gasteiger partial charge is 0.261 e. The highest BCUT2D eigenvalue weighted by Crippen LogP contribution is 2.24. The maximum Gasteiger partial charge on any atom is 0.261 e. The average Bonchev–Trinajstić information content (AvgIpc) is 2.90. The standard InChI is InChI=1S/C15H17NO3S/c1-10-6-7-20-14(10)15(17)16-9-11-8-12(18-2)4-5-13(11)19-3/h4-8H,9H2,1-3H3,(H,16,17). The molecule has 0 aliphatic carbocycles. The third kappa shape index (κ3) is 3.11. The molecule has 5 heteroatoms. The van der Waals surface area contributed by atoms with Crippen molar-refractivity contribution in [3.63, 3.8) is 0 Å². The first kappa shape index (κ1) is 14.4. The lowest BCUT2D eigenvalue weighted by molar-refractivity contribution is 0.0954. The second-order valence-corrected chi connectivity index (χ2v) is 5.21. The largest absolute Gasteiger partial charge is 0.497 e. The third-order valence-corrected chi connectivity index (χ3v) is 4.01. The van der Waals surface area contributed by atoms with Gasteiger partial charge in [-0.15, -0.1) is 11.3 Å². The molecule has 0 aliphatic heterocycles. The van der Waals surface area contributed by atoms with Gasteiger partial charge in [0.15, 0.2) is 0 Å². The van der Waals surface area contributed by atoms with Gasteiger partial charge in [0.1, 0.15) is 11.5 Å². The number of amides is 1. The molecule has 4 nitrogen and oxygen atoms in total. The van der Waals surface area contributed by atoms with Gasteiger partial charge in [0, 0.05) is 12.1 Å². The van der Waals surface area contributed by atoms with Crippen molar-refractivity contribution in [3.05, 3.63) is 45.6 Å². The van der Waals surface area contributed by atoms with Crippen LogP contribution in [-0.4, -0.2) is 20.1 Å². The first-order valence-corrected chi connectivity index (χ1v) is 7.07. The van der Waals surface area contributed by atoms with Crippen LogP contribution in [0.2, 0.25) is 0 Å². The fraction of sp³-hybridized carbons (Fsp3) is 0.267. The summed E-state index contributed by atoms with van der Waals surface area (Å²) in [6.45, 7) is 2.33. The van der Waals surface area contributed by atoms with Crippen LogP contribution in [0.3, 0.4) is 0 Å². The Morgan fingerprint density at radius 2 is 2.05 bits per heavy atom. The van der Waals surface area contributed by atoms with E-state index in [1.165, 1.54) is 11.3 Å². The number of methoxy groups -OCH3 is 2. The predicted molar refractivity (Wildman–Crippen MR) is 79.8 cm³/mol. The van der Waals surface area contributed by atoms with Gasteiger partial charge in [0.05, 0.1) is 19.1 Å². The maximum absolute atomic E-state index is 12.1. The van der Waals surface area contributed by atoms with E-state index in [9.17, 15) is 4.79 Å². The summed E-state index contributed by atoms with van der Waals surface area (Å²) in [4.78, 5) is 12.8. The average molecular weight is 291 g/mol. The van der Waals surface area contributed by atoms with Crippen molar-refractivity contribution in [2.75, 3.05) is 14.2 Å². The van der Waals surface area contributed by atoms with Crippen LogP contribution in [0, 0.1) is 6.92 Å². The van der Waals surface area contributed by atoms with Crippen molar-refractivity contribution < 1.29 is 14.3 Å². The lowest BCUT2D eigenvalue weighted by Gasteiger charge is -2.11. The second kappa shape index (κ2) is 6.43. The SMILES string of the molecule is COc1ccc(OC)c(CNC(=O)c2sccc2C)c1. The van der Waals surface area contributed by atoms with Gasteiger partial charge in [0.2, 0.25) is 0 Å². The van der Waals surface area contributed by atoms with Gasteiger partial charge in [0.25, 0.3) is 5.91 Å². The molecule has 0 bridgehead atoms. The summed E-state index contributed by atoms with van der Waals surface area (Å²) < 4.78 is 10.5. The van der Waals surface area contributed by atoms with Gasteiger partial charge < -0.3 is 14.8 Å². The molecule has 0 saturated carbocycles. The molecule has 1 aromatic heterocycles. The molecule has 2 rings (SSSR count). The molecule has 106 valence electrons. The summed E-state index contributed by atoms with van der Waals surface area (Å²) in [5.41, 5.74) is 1.87. The molecular formula is C15H17NO3S. The summed E-state index contributed by atoms with van der Waals surface area (Å²) in [6.07, 6.45) is 0. The zero-order valence-electron chi connectivity index (χ0n) is 11.7. The molecule has 20 heavy (non-hydrogen) atoms. The molecule has 1 aromatic carbocycles. The Morgan fingerprint density at radius 1 is 1.25 bits per heavy atom. The van der Waals surface area contributed by atoms with Crippen molar-refractivity contribution in [3.8, 4) is 11.5 Å². The van der Waals surface area contributed by atoms with E-state index in [4.69, 9.17) is 9.47 Å². The van der Waals surface area contributed by atoms with Gasteiger partial charge in [-0.3, -0.25) is 4.79 Å². The molecule has 0 atom stereocenters. The number of thiophene rings is 1. The fourth-order valence-electron chi connectivity index (χ4n) is 1.88. The lowest BCUT2D eigenvalue weighted by Crippen LogP contribution is -2.22. The molecule has 0 aliphatic rings. The van der Waals surface area contributed by atoms with Gasteiger partial charge >= 0.3 is 0 Å².